The molecule has 6 rings (SSSR count). The quantitative estimate of drug-likeness (QED) is 0.369. The Balaban J connectivity index is 1.27. The second-order valence-electron chi connectivity index (χ2n) is 9.97. The van der Waals surface area contributed by atoms with E-state index >= 15 is 0 Å². The van der Waals surface area contributed by atoms with Crippen LogP contribution in [0.15, 0.2) is 49.1 Å². The fraction of sp³-hybridized carbons (Fsp3) is 0.357. The zero-order valence-electron chi connectivity index (χ0n) is 20.9. The number of rotatable bonds is 6. The molecule has 0 bridgehead atoms. The van der Waals surface area contributed by atoms with E-state index < -0.39 is 0 Å². The number of carbonyl (C=O) groups is 1. The van der Waals surface area contributed by atoms with Crippen molar-refractivity contribution in [2.45, 2.75) is 37.8 Å². The van der Waals surface area contributed by atoms with Gasteiger partial charge >= 0.3 is 0 Å². The number of hydrogen-bond donors (Lipinski definition) is 3. The highest BCUT2D eigenvalue weighted by Gasteiger charge is 2.31. The second kappa shape index (κ2) is 9.57. The summed E-state index contributed by atoms with van der Waals surface area (Å²) in [5.41, 5.74) is 5.86. The molecule has 37 heavy (non-hydrogen) atoms. The molecule has 2 aliphatic rings. The van der Waals surface area contributed by atoms with Crippen LogP contribution in [0, 0.1) is 5.92 Å². The predicted molar refractivity (Wildman–Crippen MR) is 141 cm³/mol. The van der Waals surface area contributed by atoms with E-state index in [4.69, 9.17) is 9.72 Å². The number of pyridine rings is 3. The number of aryl methyl sites for hydroxylation is 1. The average Bonchev–Trinajstić information content (AvgIpc) is 3.49. The van der Waals surface area contributed by atoms with Crippen LogP contribution in [0.1, 0.15) is 46.7 Å². The van der Waals surface area contributed by atoms with E-state index in [0.717, 1.165) is 52.7 Å². The van der Waals surface area contributed by atoms with Crippen LogP contribution in [0.25, 0.3) is 22.3 Å². The number of ether oxygens (including phenoxy) is 1. The Morgan fingerprint density at radius 2 is 2.05 bits per heavy atom. The first kappa shape index (κ1) is 23.6. The van der Waals surface area contributed by atoms with Gasteiger partial charge in [-0.15, -0.1) is 0 Å². The molecular formula is C28H30N6O3. The van der Waals surface area contributed by atoms with Gasteiger partial charge in [0.25, 0.3) is 5.91 Å². The summed E-state index contributed by atoms with van der Waals surface area (Å²) in [6.07, 6.45) is 9.62. The van der Waals surface area contributed by atoms with Gasteiger partial charge in [-0.3, -0.25) is 9.78 Å². The number of hydrogen-bond acceptors (Lipinski definition) is 7. The van der Waals surface area contributed by atoms with Crippen LogP contribution in [-0.4, -0.2) is 50.4 Å². The number of amides is 1. The highest BCUT2D eigenvalue weighted by atomic mass is 16.5. The van der Waals surface area contributed by atoms with Gasteiger partial charge in [0.15, 0.2) is 0 Å². The van der Waals surface area contributed by atoms with Gasteiger partial charge in [-0.05, 0) is 48.9 Å². The molecule has 3 atom stereocenters. The van der Waals surface area contributed by atoms with Crippen LogP contribution >= 0.6 is 0 Å². The van der Waals surface area contributed by atoms with Crippen molar-refractivity contribution in [3.63, 3.8) is 0 Å². The Labute approximate surface area is 214 Å². The predicted octanol–water partition coefficient (Wildman–Crippen LogP) is 3.91. The second-order valence-corrected chi connectivity index (χ2v) is 9.97. The van der Waals surface area contributed by atoms with E-state index in [1.54, 1.807) is 19.5 Å². The molecule has 9 nitrogen and oxygen atoms in total. The Hall–Kier alpha value is -3.82. The van der Waals surface area contributed by atoms with Gasteiger partial charge in [-0.2, -0.15) is 0 Å². The Morgan fingerprint density at radius 3 is 2.86 bits per heavy atom. The lowest BCUT2D eigenvalue weighted by Gasteiger charge is -2.33. The van der Waals surface area contributed by atoms with E-state index in [-0.39, 0.29) is 17.9 Å². The normalized spacial score (nSPS) is 21.2. The number of anilines is 2. The summed E-state index contributed by atoms with van der Waals surface area (Å²) in [5.74, 6) is 1.01. The van der Waals surface area contributed by atoms with Gasteiger partial charge in [0.05, 0.1) is 35.9 Å². The molecule has 1 aliphatic carbocycles. The smallest absolute Gasteiger partial charge is 0.254 e. The summed E-state index contributed by atoms with van der Waals surface area (Å²) in [5, 5.41) is 17.5. The van der Waals surface area contributed by atoms with Crippen molar-refractivity contribution in [1.29, 1.82) is 0 Å². The van der Waals surface area contributed by atoms with Crippen LogP contribution in [0.2, 0.25) is 0 Å². The van der Waals surface area contributed by atoms with Crippen LogP contribution in [0.5, 0.6) is 0 Å². The number of aliphatic hydroxyl groups is 1. The van der Waals surface area contributed by atoms with Gasteiger partial charge in [-0.25, -0.2) is 9.97 Å². The lowest BCUT2D eigenvalue weighted by atomic mass is 9.77. The number of nitrogens with one attached hydrogen (secondary N) is 2. The van der Waals surface area contributed by atoms with Crippen LogP contribution in [0.3, 0.4) is 0 Å². The monoisotopic (exact) mass is 498 g/mol. The van der Waals surface area contributed by atoms with Crippen molar-refractivity contribution in [3.05, 3.63) is 65.7 Å². The number of aromatic nitrogens is 4. The van der Waals surface area contributed by atoms with E-state index in [1.165, 1.54) is 0 Å². The fourth-order valence-corrected chi connectivity index (χ4v) is 5.74. The van der Waals surface area contributed by atoms with Crippen molar-refractivity contribution in [2.24, 2.45) is 13.0 Å². The Morgan fingerprint density at radius 1 is 1.16 bits per heavy atom. The summed E-state index contributed by atoms with van der Waals surface area (Å²) < 4.78 is 7.27. The van der Waals surface area contributed by atoms with Gasteiger partial charge < -0.3 is 25.0 Å². The number of fused-ring (bicyclic) bond motifs is 2. The summed E-state index contributed by atoms with van der Waals surface area (Å²) >= 11 is 0. The molecule has 9 heteroatoms. The summed E-state index contributed by atoms with van der Waals surface area (Å²) in [6.45, 7) is 0.987. The molecule has 5 heterocycles. The largest absolute Gasteiger partial charge is 0.393 e. The van der Waals surface area contributed by atoms with E-state index in [0.29, 0.717) is 36.1 Å². The van der Waals surface area contributed by atoms with Crippen molar-refractivity contribution >= 4 is 28.4 Å². The van der Waals surface area contributed by atoms with Crippen LogP contribution in [0.4, 0.5) is 11.5 Å². The molecule has 0 spiro atoms. The lowest BCUT2D eigenvalue weighted by molar-refractivity contribution is 0.0147. The number of nitrogens with zero attached hydrogens (tertiary/aromatic N) is 4. The van der Waals surface area contributed by atoms with Crippen LogP contribution < -0.4 is 10.6 Å². The Bertz CT molecular complexity index is 1470. The van der Waals surface area contributed by atoms with Gasteiger partial charge in [0.2, 0.25) is 0 Å². The molecule has 1 aliphatic heterocycles. The topological polar surface area (TPSA) is 114 Å². The minimum absolute atomic E-state index is 0.124. The molecule has 4 aromatic heterocycles. The third-order valence-corrected chi connectivity index (χ3v) is 7.70. The van der Waals surface area contributed by atoms with Crippen molar-refractivity contribution in [1.82, 2.24) is 24.8 Å². The zero-order chi connectivity index (χ0) is 25.5. The van der Waals surface area contributed by atoms with Gasteiger partial charge in [-0.1, -0.05) is 6.07 Å². The maximum absolute atomic E-state index is 12.9. The molecule has 4 aromatic rings. The van der Waals surface area contributed by atoms with Gasteiger partial charge in [0.1, 0.15) is 11.5 Å². The fourth-order valence-electron chi connectivity index (χ4n) is 5.74. The van der Waals surface area contributed by atoms with Crippen molar-refractivity contribution < 1.29 is 14.6 Å². The molecule has 0 aromatic carbocycles. The molecule has 190 valence electrons. The Kier molecular flexibility index (Phi) is 6.10. The molecule has 2 unspecified atom stereocenters. The summed E-state index contributed by atoms with van der Waals surface area (Å²) in [4.78, 5) is 26.8. The first-order chi connectivity index (χ1) is 18.0. The van der Waals surface area contributed by atoms with E-state index in [1.807, 2.05) is 42.2 Å². The summed E-state index contributed by atoms with van der Waals surface area (Å²) in [6, 6.07) is 7.99. The third kappa shape index (κ3) is 4.24. The molecule has 1 amide bonds. The van der Waals surface area contributed by atoms with Gasteiger partial charge in [0, 0.05) is 61.7 Å². The summed E-state index contributed by atoms with van der Waals surface area (Å²) in [7, 11) is 3.64. The maximum Gasteiger partial charge on any atom is 0.254 e. The first-order valence-corrected chi connectivity index (χ1v) is 12.6. The molecule has 0 radical (unpaired) electrons. The number of carbonyl (C=O) groups excluding carboxylic acids is 1. The molecule has 3 N–H and O–H groups in total. The van der Waals surface area contributed by atoms with E-state index in [9.17, 15) is 9.90 Å². The maximum atomic E-state index is 12.9. The third-order valence-electron chi connectivity index (χ3n) is 7.70. The first-order valence-electron chi connectivity index (χ1n) is 12.6. The minimum Gasteiger partial charge on any atom is -0.393 e. The number of methoxy groups -OCH3 is 1. The standard InChI is InChI=1S/C28H30N6O3/c1-34-10-8-20-19(7-9-29-27(20)34)26-21-13-32-28(36)25(21)22(14-31-26)33-24-6-4-17(12-30-24)16-3-5-23(35)18(11-16)15-37-2/h4,6-10,12,14,16,18,23,35H,3,5,11,13,15H2,1-2H3,(H,30,33)(H,32,36)/t16?,18?,23-/m0/s1. The molecular weight excluding hydrogens is 468 g/mol. The minimum atomic E-state index is -0.307. The zero-order valence-corrected chi connectivity index (χ0v) is 20.9. The van der Waals surface area contributed by atoms with Crippen molar-refractivity contribution in [2.75, 3.05) is 19.0 Å². The van der Waals surface area contributed by atoms with E-state index in [2.05, 4.69) is 26.7 Å². The highest BCUT2D eigenvalue weighted by Crippen LogP contribution is 2.38. The lowest BCUT2D eigenvalue weighted by Crippen LogP contribution is -2.31. The number of aliphatic hydroxyl groups excluding tert-OH is 1. The van der Waals surface area contributed by atoms with Crippen LogP contribution in [-0.2, 0) is 18.3 Å². The highest BCUT2D eigenvalue weighted by molar-refractivity contribution is 6.06. The molecule has 1 fully saturated rings. The SMILES string of the molecule is COCC1CC(c2ccc(Nc3cnc(-c4ccnc5c4ccn5C)c4c3C(=O)NC4)nc2)CC[C@@H]1O. The average molecular weight is 499 g/mol. The van der Waals surface area contributed by atoms with Crippen molar-refractivity contribution in [3.8, 4) is 11.3 Å². The molecule has 1 saturated carbocycles. The molecule has 0 saturated heterocycles.